The van der Waals surface area contributed by atoms with Crippen molar-refractivity contribution in [3.8, 4) is 0 Å². The monoisotopic (exact) mass is 288 g/mol. The average Bonchev–Trinajstić information content (AvgIpc) is 2.38. The molecule has 108 valence electrons. The molecular formula is C13H21FN2O2S. The smallest absolute Gasteiger partial charge is 0.207 e. The summed E-state index contributed by atoms with van der Waals surface area (Å²) in [7, 11) is -1.82. The summed E-state index contributed by atoms with van der Waals surface area (Å²) < 4.78 is 39.8. The number of benzene rings is 1. The van der Waals surface area contributed by atoms with Gasteiger partial charge in [-0.25, -0.2) is 4.39 Å². The molecule has 6 heteroatoms. The van der Waals surface area contributed by atoms with Crippen molar-refractivity contribution in [2.75, 3.05) is 26.7 Å². The molecule has 0 bridgehead atoms. The van der Waals surface area contributed by atoms with E-state index in [0.29, 0.717) is 26.1 Å². The van der Waals surface area contributed by atoms with E-state index in [2.05, 4.69) is 0 Å². The van der Waals surface area contributed by atoms with Gasteiger partial charge in [0.2, 0.25) is 0 Å². The Morgan fingerprint density at radius 1 is 1.11 bits per heavy atom. The molecular weight excluding hydrogens is 267 g/mol. The van der Waals surface area contributed by atoms with Crippen LogP contribution in [0.25, 0.3) is 0 Å². The summed E-state index contributed by atoms with van der Waals surface area (Å²) >= 11 is 0. The molecule has 0 fully saturated rings. The number of hydrogen-bond acceptors (Lipinski definition) is 2. The van der Waals surface area contributed by atoms with E-state index < -0.39 is 10.2 Å². The highest BCUT2D eigenvalue weighted by molar-refractivity contribution is 7.86. The van der Waals surface area contributed by atoms with Crippen LogP contribution in [0.3, 0.4) is 0 Å². The molecule has 4 nitrogen and oxygen atoms in total. The lowest BCUT2D eigenvalue weighted by molar-refractivity contribution is 0.379. The quantitative estimate of drug-likeness (QED) is 0.768. The first-order valence-corrected chi connectivity index (χ1v) is 7.77. The lowest BCUT2D eigenvalue weighted by atomic mass is 10.1. The van der Waals surface area contributed by atoms with Gasteiger partial charge in [-0.2, -0.15) is 17.0 Å². The van der Waals surface area contributed by atoms with Crippen LogP contribution in [-0.2, 0) is 16.6 Å². The van der Waals surface area contributed by atoms with Crippen LogP contribution >= 0.6 is 0 Å². The van der Waals surface area contributed by atoms with Gasteiger partial charge in [-0.3, -0.25) is 0 Å². The zero-order valence-corrected chi connectivity index (χ0v) is 12.5. The summed E-state index contributed by atoms with van der Waals surface area (Å²) in [6.07, 6.45) is 0.567. The maximum absolute atomic E-state index is 12.8. The molecule has 1 rings (SSSR count). The van der Waals surface area contributed by atoms with Gasteiger partial charge in [0.25, 0.3) is 10.2 Å². The molecule has 0 saturated heterocycles. The van der Waals surface area contributed by atoms with Crippen molar-refractivity contribution in [1.29, 1.82) is 0 Å². The van der Waals surface area contributed by atoms with Crippen LogP contribution in [-0.4, -0.2) is 43.7 Å². The fourth-order valence-corrected chi connectivity index (χ4v) is 3.17. The van der Waals surface area contributed by atoms with Crippen LogP contribution in [0.5, 0.6) is 0 Å². The molecule has 0 radical (unpaired) electrons. The van der Waals surface area contributed by atoms with Crippen molar-refractivity contribution in [2.24, 2.45) is 0 Å². The molecule has 1 aromatic rings. The minimum atomic E-state index is -3.39. The lowest BCUT2D eigenvalue weighted by Crippen LogP contribution is -2.42. The first-order valence-electron chi connectivity index (χ1n) is 6.37. The van der Waals surface area contributed by atoms with Crippen LogP contribution in [0.2, 0.25) is 0 Å². The summed E-state index contributed by atoms with van der Waals surface area (Å²) in [5.74, 6) is -0.284. The van der Waals surface area contributed by atoms with E-state index in [9.17, 15) is 12.8 Å². The maximum Gasteiger partial charge on any atom is 0.281 e. The van der Waals surface area contributed by atoms with Crippen molar-refractivity contribution in [3.05, 3.63) is 35.6 Å². The molecule has 0 unspecified atom stereocenters. The van der Waals surface area contributed by atoms with Crippen molar-refractivity contribution in [1.82, 2.24) is 8.61 Å². The van der Waals surface area contributed by atoms with Gasteiger partial charge in [0, 0.05) is 26.7 Å². The highest BCUT2D eigenvalue weighted by atomic mass is 32.2. The Bertz CT molecular complexity index is 484. The second-order valence-electron chi connectivity index (χ2n) is 4.29. The van der Waals surface area contributed by atoms with E-state index in [1.165, 1.54) is 20.7 Å². The summed E-state index contributed by atoms with van der Waals surface area (Å²) in [4.78, 5) is 0. The molecule has 0 spiro atoms. The van der Waals surface area contributed by atoms with E-state index in [1.807, 2.05) is 13.8 Å². The number of hydrogen-bond donors (Lipinski definition) is 0. The van der Waals surface area contributed by atoms with Crippen molar-refractivity contribution < 1.29 is 12.8 Å². The van der Waals surface area contributed by atoms with Gasteiger partial charge in [-0.1, -0.05) is 26.0 Å². The van der Waals surface area contributed by atoms with Crippen molar-refractivity contribution in [2.45, 2.75) is 20.3 Å². The molecule has 0 saturated carbocycles. The molecule has 19 heavy (non-hydrogen) atoms. The molecule has 0 N–H and O–H groups in total. The van der Waals surface area contributed by atoms with Gasteiger partial charge in [0.15, 0.2) is 0 Å². The number of halogens is 1. The molecule has 0 aliphatic rings. The maximum atomic E-state index is 12.8. The second-order valence-corrected chi connectivity index (χ2v) is 6.33. The molecule has 0 aliphatic heterocycles. The molecule has 1 aromatic carbocycles. The first-order chi connectivity index (χ1) is 8.91. The zero-order valence-electron chi connectivity index (χ0n) is 11.6. The van der Waals surface area contributed by atoms with E-state index in [0.717, 1.165) is 5.56 Å². The zero-order chi connectivity index (χ0) is 14.5. The van der Waals surface area contributed by atoms with Crippen LogP contribution in [0.4, 0.5) is 4.39 Å². The van der Waals surface area contributed by atoms with Gasteiger partial charge in [0.05, 0.1) is 0 Å². The fourth-order valence-electron chi connectivity index (χ4n) is 1.80. The van der Waals surface area contributed by atoms with Gasteiger partial charge in [-0.05, 0) is 24.1 Å². The molecule has 0 amide bonds. The Balaban J connectivity index is 2.64. The van der Waals surface area contributed by atoms with Crippen LogP contribution in [0.15, 0.2) is 24.3 Å². The topological polar surface area (TPSA) is 40.6 Å². The van der Waals surface area contributed by atoms with Crippen LogP contribution < -0.4 is 0 Å². The van der Waals surface area contributed by atoms with Crippen LogP contribution in [0.1, 0.15) is 19.4 Å². The summed E-state index contributed by atoms with van der Waals surface area (Å²) in [5.41, 5.74) is 0.919. The highest BCUT2D eigenvalue weighted by Crippen LogP contribution is 2.09. The normalized spacial score (nSPS) is 12.3. The largest absolute Gasteiger partial charge is 0.281 e. The van der Waals surface area contributed by atoms with Gasteiger partial charge in [0.1, 0.15) is 5.82 Å². The molecule has 0 aliphatic carbocycles. The van der Waals surface area contributed by atoms with Crippen LogP contribution in [0, 0.1) is 5.82 Å². The molecule has 0 aromatic heterocycles. The standard InChI is InChI=1S/C13H21FN2O2S/c1-4-16(5-2)19(17,18)15(3)11-10-12-6-8-13(14)9-7-12/h6-9H,4-5,10-11H2,1-3H3. The third-order valence-electron chi connectivity index (χ3n) is 3.05. The predicted octanol–water partition coefficient (Wildman–Crippen LogP) is 1.89. The highest BCUT2D eigenvalue weighted by Gasteiger charge is 2.23. The van der Waals surface area contributed by atoms with Gasteiger partial charge in [-0.15, -0.1) is 0 Å². The van der Waals surface area contributed by atoms with E-state index >= 15 is 0 Å². The number of likely N-dealkylation sites (N-methyl/N-ethyl adjacent to an activating group) is 1. The Hall–Kier alpha value is -0.980. The van der Waals surface area contributed by atoms with Gasteiger partial charge >= 0.3 is 0 Å². The average molecular weight is 288 g/mol. The third-order valence-corrected chi connectivity index (χ3v) is 5.19. The summed E-state index contributed by atoms with van der Waals surface area (Å²) in [5, 5.41) is 0. The van der Waals surface area contributed by atoms with Gasteiger partial charge < -0.3 is 0 Å². The fraction of sp³-hybridized carbons (Fsp3) is 0.538. The number of nitrogens with zero attached hydrogens (tertiary/aromatic N) is 2. The Labute approximate surface area is 115 Å². The van der Waals surface area contributed by atoms with E-state index in [-0.39, 0.29) is 5.82 Å². The van der Waals surface area contributed by atoms with Crippen molar-refractivity contribution in [3.63, 3.8) is 0 Å². The first kappa shape index (κ1) is 16.1. The second kappa shape index (κ2) is 6.98. The lowest BCUT2D eigenvalue weighted by Gasteiger charge is -2.25. The van der Waals surface area contributed by atoms with E-state index in [1.54, 1.807) is 19.2 Å². The minimum absolute atomic E-state index is 0.284. The summed E-state index contributed by atoms with van der Waals surface area (Å²) in [6, 6.07) is 6.11. The predicted molar refractivity (Wildman–Crippen MR) is 74.6 cm³/mol. The summed E-state index contributed by atoms with van der Waals surface area (Å²) in [6.45, 7) is 4.92. The Morgan fingerprint density at radius 3 is 2.11 bits per heavy atom. The molecule has 0 heterocycles. The SMILES string of the molecule is CCN(CC)S(=O)(=O)N(C)CCc1ccc(F)cc1. The minimum Gasteiger partial charge on any atom is -0.207 e. The van der Waals surface area contributed by atoms with E-state index in [4.69, 9.17) is 0 Å². The number of rotatable bonds is 7. The molecule has 0 atom stereocenters. The third kappa shape index (κ3) is 4.26. The van der Waals surface area contributed by atoms with Crippen molar-refractivity contribution >= 4 is 10.2 Å². The Morgan fingerprint density at radius 2 is 1.63 bits per heavy atom. The Kier molecular flexibility index (Phi) is 5.90.